The van der Waals surface area contributed by atoms with E-state index in [2.05, 4.69) is 28.9 Å². The van der Waals surface area contributed by atoms with E-state index in [1.807, 2.05) is 7.05 Å². The highest BCUT2D eigenvalue weighted by molar-refractivity contribution is 7.89. The van der Waals surface area contributed by atoms with Gasteiger partial charge < -0.3 is 5.32 Å². The third kappa shape index (κ3) is 4.25. The molecular weight excluding hydrogens is 286 g/mol. The molecule has 1 aromatic heterocycles. The van der Waals surface area contributed by atoms with Gasteiger partial charge >= 0.3 is 0 Å². The summed E-state index contributed by atoms with van der Waals surface area (Å²) in [4.78, 5) is 4.08. The lowest BCUT2D eigenvalue weighted by atomic mass is 9.79. The van der Waals surface area contributed by atoms with Crippen LogP contribution in [-0.4, -0.2) is 26.5 Å². The smallest absolute Gasteiger partial charge is 0.258 e. The second-order valence-corrected chi connectivity index (χ2v) is 7.78. The molecule has 0 aromatic carbocycles. The van der Waals surface area contributed by atoms with Crippen molar-refractivity contribution in [1.82, 2.24) is 15.0 Å². The molecule has 3 atom stereocenters. The van der Waals surface area contributed by atoms with Gasteiger partial charge in [-0.3, -0.25) is 0 Å². The molecule has 0 saturated heterocycles. The standard InChI is InChI=1S/C15H25N3O2S/c1-11-4-6-14(8-12(11)2)18-21(19,20)15-7-5-13(9-16-3)10-17-15/h5,7,10-12,14,16,18H,4,6,8-9H2,1-3H3. The summed E-state index contributed by atoms with van der Waals surface area (Å²) in [5, 5.41) is 3.12. The Morgan fingerprint density at radius 1 is 1.24 bits per heavy atom. The molecule has 0 radical (unpaired) electrons. The van der Waals surface area contributed by atoms with Gasteiger partial charge in [0.05, 0.1) is 0 Å². The molecule has 0 aliphatic heterocycles. The minimum atomic E-state index is -3.51. The molecule has 2 rings (SSSR count). The Balaban J connectivity index is 2.04. The molecule has 5 nitrogen and oxygen atoms in total. The van der Waals surface area contributed by atoms with Crippen LogP contribution >= 0.6 is 0 Å². The van der Waals surface area contributed by atoms with Crippen molar-refractivity contribution in [3.05, 3.63) is 23.9 Å². The lowest BCUT2D eigenvalue weighted by Crippen LogP contribution is -2.40. The van der Waals surface area contributed by atoms with Gasteiger partial charge in [-0.05, 0) is 49.8 Å². The van der Waals surface area contributed by atoms with Gasteiger partial charge in [0, 0.05) is 18.8 Å². The number of nitrogens with one attached hydrogen (secondary N) is 2. The van der Waals surface area contributed by atoms with Gasteiger partial charge in [-0.2, -0.15) is 0 Å². The molecule has 2 N–H and O–H groups in total. The number of nitrogens with zero attached hydrogens (tertiary/aromatic N) is 1. The SMILES string of the molecule is CNCc1ccc(S(=O)(=O)NC2CCC(C)C(C)C2)nc1. The van der Waals surface area contributed by atoms with E-state index in [4.69, 9.17) is 0 Å². The predicted molar refractivity (Wildman–Crippen MR) is 83.3 cm³/mol. The van der Waals surface area contributed by atoms with Crippen molar-refractivity contribution >= 4 is 10.0 Å². The van der Waals surface area contributed by atoms with Crippen LogP contribution in [0.3, 0.4) is 0 Å². The Bertz CT molecular complexity index is 557. The monoisotopic (exact) mass is 311 g/mol. The summed E-state index contributed by atoms with van der Waals surface area (Å²) in [5.41, 5.74) is 0.969. The van der Waals surface area contributed by atoms with E-state index in [1.54, 1.807) is 18.3 Å². The zero-order valence-corrected chi connectivity index (χ0v) is 13.8. The highest BCUT2D eigenvalue weighted by Gasteiger charge is 2.28. The first-order valence-electron chi connectivity index (χ1n) is 7.54. The van der Waals surface area contributed by atoms with Gasteiger partial charge in [-0.15, -0.1) is 0 Å². The highest BCUT2D eigenvalue weighted by Crippen LogP contribution is 2.29. The van der Waals surface area contributed by atoms with Crippen molar-refractivity contribution < 1.29 is 8.42 Å². The van der Waals surface area contributed by atoms with Crippen molar-refractivity contribution in [2.45, 2.75) is 50.7 Å². The molecule has 1 aromatic rings. The van der Waals surface area contributed by atoms with E-state index in [9.17, 15) is 8.42 Å². The second-order valence-electron chi connectivity index (χ2n) is 6.12. The summed E-state index contributed by atoms with van der Waals surface area (Å²) in [6, 6.07) is 3.40. The van der Waals surface area contributed by atoms with E-state index in [1.165, 1.54) is 0 Å². The average molecular weight is 311 g/mol. The third-order valence-corrected chi connectivity index (χ3v) is 5.81. The molecule has 1 fully saturated rings. The summed E-state index contributed by atoms with van der Waals surface area (Å²) in [6.07, 6.45) is 4.49. The number of sulfonamides is 1. The Morgan fingerprint density at radius 2 is 2.00 bits per heavy atom. The second kappa shape index (κ2) is 6.85. The Labute approximate surface area is 127 Å². The van der Waals surface area contributed by atoms with Gasteiger partial charge in [0.2, 0.25) is 0 Å². The van der Waals surface area contributed by atoms with E-state index in [0.717, 1.165) is 24.8 Å². The number of aromatic nitrogens is 1. The minimum absolute atomic E-state index is 0.0278. The van der Waals surface area contributed by atoms with Gasteiger partial charge in [0.1, 0.15) is 0 Å². The fourth-order valence-corrected chi connectivity index (χ4v) is 4.03. The molecule has 0 amide bonds. The predicted octanol–water partition coefficient (Wildman–Crippen LogP) is 1.90. The molecular formula is C15H25N3O2S. The third-order valence-electron chi connectivity index (χ3n) is 4.37. The molecule has 0 spiro atoms. The first kappa shape index (κ1) is 16.4. The van der Waals surface area contributed by atoms with E-state index in [0.29, 0.717) is 18.4 Å². The first-order chi connectivity index (χ1) is 9.92. The molecule has 1 aliphatic rings. The molecule has 1 saturated carbocycles. The van der Waals surface area contributed by atoms with Gasteiger partial charge in [0.25, 0.3) is 10.0 Å². The number of pyridine rings is 1. The fraction of sp³-hybridized carbons (Fsp3) is 0.667. The van der Waals surface area contributed by atoms with Crippen molar-refractivity contribution in [2.75, 3.05) is 7.05 Å². The summed E-state index contributed by atoms with van der Waals surface area (Å²) < 4.78 is 27.5. The fourth-order valence-electron chi connectivity index (χ4n) is 2.81. The number of hydrogen-bond donors (Lipinski definition) is 2. The van der Waals surface area contributed by atoms with Crippen molar-refractivity contribution in [3.63, 3.8) is 0 Å². The summed E-state index contributed by atoms with van der Waals surface area (Å²) >= 11 is 0. The number of rotatable bonds is 5. The van der Waals surface area contributed by atoms with Crippen molar-refractivity contribution in [2.24, 2.45) is 11.8 Å². The molecule has 6 heteroatoms. The maximum atomic E-state index is 12.4. The van der Waals surface area contributed by atoms with E-state index >= 15 is 0 Å². The lowest BCUT2D eigenvalue weighted by Gasteiger charge is -2.32. The van der Waals surface area contributed by atoms with Crippen LogP contribution in [0.1, 0.15) is 38.7 Å². The quantitative estimate of drug-likeness (QED) is 0.871. The number of hydrogen-bond acceptors (Lipinski definition) is 4. The van der Waals surface area contributed by atoms with Crippen LogP contribution in [0.25, 0.3) is 0 Å². The average Bonchev–Trinajstić information content (AvgIpc) is 2.44. The van der Waals surface area contributed by atoms with E-state index in [-0.39, 0.29) is 11.1 Å². The molecule has 118 valence electrons. The minimum Gasteiger partial charge on any atom is -0.316 e. The first-order valence-corrected chi connectivity index (χ1v) is 9.02. The highest BCUT2D eigenvalue weighted by atomic mass is 32.2. The van der Waals surface area contributed by atoms with Crippen LogP contribution in [-0.2, 0) is 16.6 Å². The molecule has 3 unspecified atom stereocenters. The zero-order valence-electron chi connectivity index (χ0n) is 13.0. The topological polar surface area (TPSA) is 71.1 Å². The van der Waals surface area contributed by atoms with Gasteiger partial charge in [0.15, 0.2) is 5.03 Å². The maximum absolute atomic E-state index is 12.4. The zero-order chi connectivity index (χ0) is 15.5. The van der Waals surface area contributed by atoms with Crippen LogP contribution in [0.2, 0.25) is 0 Å². The van der Waals surface area contributed by atoms with Crippen LogP contribution in [0.4, 0.5) is 0 Å². The van der Waals surface area contributed by atoms with Gasteiger partial charge in [-0.1, -0.05) is 19.9 Å². The van der Waals surface area contributed by atoms with Crippen LogP contribution in [0, 0.1) is 11.8 Å². The van der Waals surface area contributed by atoms with Crippen molar-refractivity contribution in [3.8, 4) is 0 Å². The summed E-state index contributed by atoms with van der Waals surface area (Å²) in [6.45, 7) is 5.10. The normalized spacial score (nSPS) is 26.7. The van der Waals surface area contributed by atoms with Gasteiger partial charge in [-0.25, -0.2) is 18.1 Å². The van der Waals surface area contributed by atoms with Crippen LogP contribution in [0.5, 0.6) is 0 Å². The Kier molecular flexibility index (Phi) is 5.35. The molecule has 21 heavy (non-hydrogen) atoms. The molecule has 0 bridgehead atoms. The van der Waals surface area contributed by atoms with E-state index < -0.39 is 10.0 Å². The summed E-state index contributed by atoms with van der Waals surface area (Å²) in [5.74, 6) is 1.22. The molecule has 1 aliphatic carbocycles. The maximum Gasteiger partial charge on any atom is 0.258 e. The lowest BCUT2D eigenvalue weighted by molar-refractivity contribution is 0.241. The van der Waals surface area contributed by atoms with Crippen LogP contribution in [0.15, 0.2) is 23.4 Å². The Hall–Kier alpha value is -0.980. The summed E-state index contributed by atoms with van der Waals surface area (Å²) in [7, 11) is -1.67. The molecule has 1 heterocycles. The van der Waals surface area contributed by atoms with Crippen LogP contribution < -0.4 is 10.0 Å². The van der Waals surface area contributed by atoms with Crippen molar-refractivity contribution in [1.29, 1.82) is 0 Å². The Morgan fingerprint density at radius 3 is 2.57 bits per heavy atom. The largest absolute Gasteiger partial charge is 0.316 e.